The van der Waals surface area contributed by atoms with Crippen LogP contribution in [0, 0.1) is 5.92 Å². The van der Waals surface area contributed by atoms with Gasteiger partial charge in [-0.3, -0.25) is 4.90 Å². The highest BCUT2D eigenvalue weighted by atomic mass is 32.1. The zero-order chi connectivity index (χ0) is 13.0. The summed E-state index contributed by atoms with van der Waals surface area (Å²) in [5.74, 6) is 0.425. The molecule has 18 heavy (non-hydrogen) atoms. The third-order valence-electron chi connectivity index (χ3n) is 3.70. The summed E-state index contributed by atoms with van der Waals surface area (Å²) in [6, 6.07) is 4.49. The lowest BCUT2D eigenvalue weighted by molar-refractivity contribution is 0.222. The number of rotatable bonds is 4. The highest BCUT2D eigenvalue weighted by molar-refractivity contribution is 7.11. The fourth-order valence-electron chi connectivity index (χ4n) is 2.54. The number of likely N-dealkylation sites (tertiary alicyclic amines) is 1. The number of oxime groups is 1. The smallest absolute Gasteiger partial charge is 0.0627 e. The normalized spacial score (nSPS) is 23.7. The molecule has 0 bridgehead atoms. The first kappa shape index (κ1) is 13.6. The van der Waals surface area contributed by atoms with Crippen molar-refractivity contribution in [2.75, 3.05) is 13.1 Å². The van der Waals surface area contributed by atoms with Crippen molar-refractivity contribution in [3.63, 3.8) is 0 Å². The van der Waals surface area contributed by atoms with E-state index in [-0.39, 0.29) is 0 Å². The van der Waals surface area contributed by atoms with Gasteiger partial charge in [-0.05, 0) is 25.0 Å². The van der Waals surface area contributed by atoms with Crippen molar-refractivity contribution >= 4 is 17.0 Å². The first-order valence-electron chi connectivity index (χ1n) is 6.77. The van der Waals surface area contributed by atoms with Gasteiger partial charge in [0.2, 0.25) is 0 Å². The van der Waals surface area contributed by atoms with E-state index in [1.165, 1.54) is 9.75 Å². The van der Waals surface area contributed by atoms with Crippen LogP contribution in [0.2, 0.25) is 0 Å². The summed E-state index contributed by atoms with van der Waals surface area (Å²) in [5.41, 5.74) is 0.981. The minimum Gasteiger partial charge on any atom is -0.411 e. The van der Waals surface area contributed by atoms with Crippen molar-refractivity contribution < 1.29 is 5.21 Å². The molecule has 2 rings (SSSR count). The van der Waals surface area contributed by atoms with Gasteiger partial charge in [-0.25, -0.2) is 0 Å². The molecule has 1 fully saturated rings. The van der Waals surface area contributed by atoms with E-state index in [0.29, 0.717) is 5.92 Å². The van der Waals surface area contributed by atoms with E-state index in [0.717, 1.165) is 44.6 Å². The van der Waals surface area contributed by atoms with Crippen molar-refractivity contribution in [1.82, 2.24) is 4.90 Å². The summed E-state index contributed by atoms with van der Waals surface area (Å²) in [7, 11) is 0. The molecule has 1 aliphatic rings. The molecule has 1 saturated heterocycles. The maximum absolute atomic E-state index is 8.98. The molecule has 0 aliphatic carbocycles. The van der Waals surface area contributed by atoms with Crippen LogP contribution < -0.4 is 0 Å². The highest BCUT2D eigenvalue weighted by Crippen LogP contribution is 2.23. The lowest BCUT2D eigenvalue weighted by Gasteiger charge is -2.32. The predicted molar refractivity (Wildman–Crippen MR) is 76.6 cm³/mol. The Kier molecular flexibility index (Phi) is 4.78. The Hall–Kier alpha value is -0.870. The minimum atomic E-state index is 0.425. The predicted octanol–water partition coefficient (Wildman–Crippen LogP) is 3.37. The Bertz CT molecular complexity index is 414. The van der Waals surface area contributed by atoms with Crippen LogP contribution in [-0.4, -0.2) is 28.9 Å². The summed E-state index contributed by atoms with van der Waals surface area (Å²) in [6.07, 6.45) is 3.09. The third kappa shape index (κ3) is 3.12. The number of nitrogens with zero attached hydrogens (tertiary/aromatic N) is 2. The van der Waals surface area contributed by atoms with Gasteiger partial charge in [-0.15, -0.1) is 11.3 Å². The molecule has 3 nitrogen and oxygen atoms in total. The van der Waals surface area contributed by atoms with Crippen LogP contribution in [0.1, 0.15) is 36.4 Å². The molecule has 4 heteroatoms. The van der Waals surface area contributed by atoms with E-state index in [1.807, 2.05) is 11.3 Å². The van der Waals surface area contributed by atoms with Crippen molar-refractivity contribution in [3.05, 3.63) is 21.9 Å². The van der Waals surface area contributed by atoms with E-state index in [1.54, 1.807) is 0 Å². The van der Waals surface area contributed by atoms with E-state index in [9.17, 15) is 0 Å². The summed E-state index contributed by atoms with van der Waals surface area (Å²) < 4.78 is 0. The largest absolute Gasteiger partial charge is 0.411 e. The van der Waals surface area contributed by atoms with Gasteiger partial charge in [0.05, 0.1) is 5.71 Å². The first-order valence-corrected chi connectivity index (χ1v) is 7.59. The number of hydrogen-bond donors (Lipinski definition) is 1. The molecule has 1 aliphatic heterocycles. The number of hydrogen-bond acceptors (Lipinski definition) is 4. The second-order valence-corrected chi connectivity index (χ2v) is 6.16. The maximum Gasteiger partial charge on any atom is 0.0627 e. The Morgan fingerprint density at radius 1 is 1.39 bits per heavy atom. The van der Waals surface area contributed by atoms with Crippen LogP contribution in [0.25, 0.3) is 0 Å². The van der Waals surface area contributed by atoms with E-state index < -0.39 is 0 Å². The zero-order valence-electron chi connectivity index (χ0n) is 11.2. The molecule has 0 aromatic carbocycles. The molecule has 2 heterocycles. The molecule has 0 saturated carbocycles. The van der Waals surface area contributed by atoms with Crippen LogP contribution in [0.5, 0.6) is 0 Å². The Morgan fingerprint density at radius 3 is 2.78 bits per heavy atom. The van der Waals surface area contributed by atoms with Crippen LogP contribution in [-0.2, 0) is 13.0 Å². The van der Waals surface area contributed by atoms with Gasteiger partial charge in [0.15, 0.2) is 0 Å². The van der Waals surface area contributed by atoms with Gasteiger partial charge >= 0.3 is 0 Å². The van der Waals surface area contributed by atoms with Gasteiger partial charge in [0.25, 0.3) is 0 Å². The quantitative estimate of drug-likeness (QED) is 0.670. The van der Waals surface area contributed by atoms with Crippen molar-refractivity contribution in [1.29, 1.82) is 0 Å². The fraction of sp³-hybridized carbons (Fsp3) is 0.643. The molecule has 0 radical (unpaired) electrons. The van der Waals surface area contributed by atoms with Gasteiger partial charge < -0.3 is 5.21 Å². The number of piperidine rings is 1. The molecule has 0 amide bonds. The Labute approximate surface area is 113 Å². The van der Waals surface area contributed by atoms with E-state index in [2.05, 4.69) is 36.0 Å². The average molecular weight is 266 g/mol. The third-order valence-corrected chi connectivity index (χ3v) is 4.91. The van der Waals surface area contributed by atoms with Crippen molar-refractivity contribution in [2.24, 2.45) is 11.1 Å². The summed E-state index contributed by atoms with van der Waals surface area (Å²) >= 11 is 1.92. The topological polar surface area (TPSA) is 35.8 Å². The zero-order valence-corrected chi connectivity index (χ0v) is 12.0. The molecule has 1 aromatic heterocycles. The van der Waals surface area contributed by atoms with Crippen LogP contribution >= 0.6 is 11.3 Å². The standard InChI is InChI=1S/C14H22N2OS/c1-3-11-9-16(8-7-14(11)15-17)10-13-6-5-12(4-2)18-13/h5-6,11,17H,3-4,7-10H2,1-2H3/b15-14+. The lowest BCUT2D eigenvalue weighted by atomic mass is 9.93. The monoisotopic (exact) mass is 266 g/mol. The van der Waals surface area contributed by atoms with Gasteiger partial charge in [0, 0.05) is 41.7 Å². The summed E-state index contributed by atoms with van der Waals surface area (Å²) in [6.45, 7) is 7.44. The van der Waals surface area contributed by atoms with Gasteiger partial charge in [-0.1, -0.05) is 19.0 Å². The average Bonchev–Trinajstić information content (AvgIpc) is 2.86. The van der Waals surface area contributed by atoms with E-state index in [4.69, 9.17) is 5.21 Å². The highest BCUT2D eigenvalue weighted by Gasteiger charge is 2.24. The first-order chi connectivity index (χ1) is 8.76. The summed E-state index contributed by atoms with van der Waals surface area (Å²) in [5, 5.41) is 12.4. The van der Waals surface area contributed by atoms with Crippen LogP contribution in [0.15, 0.2) is 17.3 Å². The van der Waals surface area contributed by atoms with Gasteiger partial charge in [-0.2, -0.15) is 0 Å². The maximum atomic E-state index is 8.98. The molecule has 1 aromatic rings. The SMILES string of the molecule is CCc1ccc(CN2CC/C(=N\O)C(CC)C2)s1. The van der Waals surface area contributed by atoms with Crippen molar-refractivity contribution in [2.45, 2.75) is 39.7 Å². The minimum absolute atomic E-state index is 0.425. The van der Waals surface area contributed by atoms with Crippen molar-refractivity contribution in [3.8, 4) is 0 Å². The molecular weight excluding hydrogens is 244 g/mol. The number of thiophene rings is 1. The fourth-order valence-corrected chi connectivity index (χ4v) is 3.54. The van der Waals surface area contributed by atoms with Crippen LogP contribution in [0.3, 0.4) is 0 Å². The molecule has 1 N–H and O–H groups in total. The molecular formula is C14H22N2OS. The second kappa shape index (κ2) is 6.34. The van der Waals surface area contributed by atoms with Crippen LogP contribution in [0.4, 0.5) is 0 Å². The lowest BCUT2D eigenvalue weighted by Crippen LogP contribution is -2.40. The Morgan fingerprint density at radius 2 is 2.17 bits per heavy atom. The summed E-state index contributed by atoms with van der Waals surface area (Å²) in [4.78, 5) is 5.39. The molecule has 1 atom stereocenters. The second-order valence-electron chi connectivity index (χ2n) is 4.90. The Balaban J connectivity index is 1.95. The number of aryl methyl sites for hydroxylation is 1. The van der Waals surface area contributed by atoms with E-state index >= 15 is 0 Å². The van der Waals surface area contributed by atoms with Gasteiger partial charge in [0.1, 0.15) is 0 Å². The molecule has 1 unspecified atom stereocenters. The molecule has 0 spiro atoms. The molecule has 100 valence electrons.